The molecule has 1 aromatic carbocycles. The van der Waals surface area contributed by atoms with Gasteiger partial charge < -0.3 is 19.8 Å². The number of halogens is 3. The molecule has 0 spiro atoms. The number of nitrogen functional groups attached to an aromatic ring is 1. The molecule has 1 aliphatic heterocycles. The maximum atomic E-state index is 14.5. The van der Waals surface area contributed by atoms with E-state index in [1.807, 2.05) is 11.8 Å². The molecule has 0 unspecified atom stereocenters. The van der Waals surface area contributed by atoms with Gasteiger partial charge in [-0.05, 0) is 31.2 Å². The summed E-state index contributed by atoms with van der Waals surface area (Å²) in [6, 6.07) is 7.28. The summed E-state index contributed by atoms with van der Waals surface area (Å²) in [6.45, 7) is 1.94. The number of nitrogens with two attached hydrogens (primary N) is 1. The molecule has 10 nitrogen and oxygen atoms in total. The molecule has 4 aromatic rings. The van der Waals surface area contributed by atoms with Crippen molar-refractivity contribution in [2.24, 2.45) is 0 Å². The van der Waals surface area contributed by atoms with Crippen LogP contribution < -0.4 is 20.9 Å². The van der Waals surface area contributed by atoms with Crippen molar-refractivity contribution in [3.8, 4) is 17.2 Å². The SMILES string of the molecule is Cc1ccc(-c2nc(N)nc3c2ncc(=O)n3CCN2CCN(c3ccc(OC(F)F)cc3F)CC2)o1. The minimum absolute atomic E-state index is 0.00156. The Morgan fingerprint density at radius 2 is 1.89 bits per heavy atom. The van der Waals surface area contributed by atoms with Crippen LogP contribution in [0.4, 0.5) is 24.8 Å². The van der Waals surface area contributed by atoms with E-state index in [2.05, 4.69) is 24.6 Å². The number of fused-ring (bicyclic) bond motifs is 1. The molecule has 0 aliphatic carbocycles. The second kappa shape index (κ2) is 10.1. The van der Waals surface area contributed by atoms with Crippen LogP contribution in [0.5, 0.6) is 5.75 Å². The maximum absolute atomic E-state index is 14.5. The number of aromatic nitrogens is 4. The largest absolute Gasteiger partial charge is 0.460 e. The molecule has 0 atom stereocenters. The zero-order chi connectivity index (χ0) is 26.1. The molecule has 1 saturated heterocycles. The second-order valence-electron chi connectivity index (χ2n) is 8.58. The van der Waals surface area contributed by atoms with Gasteiger partial charge in [-0.15, -0.1) is 0 Å². The van der Waals surface area contributed by atoms with E-state index in [9.17, 15) is 18.0 Å². The third-order valence-electron chi connectivity index (χ3n) is 6.18. The molecule has 2 N–H and O–H groups in total. The normalized spacial score (nSPS) is 14.6. The molecule has 194 valence electrons. The third-order valence-corrected chi connectivity index (χ3v) is 6.18. The number of benzene rings is 1. The van der Waals surface area contributed by atoms with Crippen LogP contribution in [0, 0.1) is 12.7 Å². The van der Waals surface area contributed by atoms with E-state index in [4.69, 9.17) is 10.2 Å². The van der Waals surface area contributed by atoms with Gasteiger partial charge >= 0.3 is 6.61 Å². The van der Waals surface area contributed by atoms with Crippen molar-refractivity contribution < 1.29 is 22.3 Å². The van der Waals surface area contributed by atoms with Crippen LogP contribution in [-0.4, -0.2) is 63.8 Å². The quantitative estimate of drug-likeness (QED) is 0.397. The van der Waals surface area contributed by atoms with E-state index in [-0.39, 0.29) is 17.3 Å². The Hall–Kier alpha value is -4.13. The van der Waals surface area contributed by atoms with Gasteiger partial charge in [-0.2, -0.15) is 13.8 Å². The fourth-order valence-electron chi connectivity index (χ4n) is 4.38. The van der Waals surface area contributed by atoms with Gasteiger partial charge in [0.15, 0.2) is 11.4 Å². The van der Waals surface area contributed by atoms with E-state index in [1.165, 1.54) is 22.9 Å². The Kier molecular flexibility index (Phi) is 6.70. The van der Waals surface area contributed by atoms with Gasteiger partial charge in [-0.1, -0.05) is 0 Å². The zero-order valence-corrected chi connectivity index (χ0v) is 19.9. The summed E-state index contributed by atoms with van der Waals surface area (Å²) in [5, 5.41) is 0. The highest BCUT2D eigenvalue weighted by atomic mass is 19.3. The summed E-state index contributed by atoms with van der Waals surface area (Å²) in [5.74, 6) is 0.329. The van der Waals surface area contributed by atoms with Gasteiger partial charge in [0, 0.05) is 45.3 Å². The number of piperazine rings is 1. The maximum Gasteiger partial charge on any atom is 0.387 e. The standard InChI is InChI=1S/C24H24F3N7O3/c1-14-2-5-18(36-14)20-21-22(31-24(28)30-20)34(19(35)13-29-21)11-8-32-6-9-33(10-7-32)17-4-3-15(12-16(17)25)37-23(26)27/h2-5,12-13,23H,6-11H2,1H3,(H2,28,30,31). The predicted octanol–water partition coefficient (Wildman–Crippen LogP) is 2.90. The first-order valence-corrected chi connectivity index (χ1v) is 11.6. The lowest BCUT2D eigenvalue weighted by Gasteiger charge is -2.36. The van der Waals surface area contributed by atoms with Crippen molar-refractivity contribution in [1.82, 2.24) is 24.4 Å². The first-order valence-electron chi connectivity index (χ1n) is 11.6. The van der Waals surface area contributed by atoms with Crippen LogP contribution >= 0.6 is 0 Å². The highest BCUT2D eigenvalue weighted by molar-refractivity contribution is 5.86. The highest BCUT2D eigenvalue weighted by Gasteiger charge is 2.22. The topological polar surface area (TPSA) is 116 Å². The predicted molar refractivity (Wildman–Crippen MR) is 130 cm³/mol. The smallest absolute Gasteiger partial charge is 0.387 e. The minimum atomic E-state index is -3.01. The van der Waals surface area contributed by atoms with Crippen molar-refractivity contribution in [1.29, 1.82) is 0 Å². The number of anilines is 2. The Morgan fingerprint density at radius 3 is 2.57 bits per heavy atom. The summed E-state index contributed by atoms with van der Waals surface area (Å²) in [6.07, 6.45) is 1.23. The van der Waals surface area contributed by atoms with Crippen molar-refractivity contribution in [3.05, 3.63) is 58.5 Å². The first kappa shape index (κ1) is 24.6. The van der Waals surface area contributed by atoms with Crippen LogP contribution in [0.3, 0.4) is 0 Å². The van der Waals surface area contributed by atoms with Crippen molar-refractivity contribution in [2.45, 2.75) is 20.1 Å². The summed E-state index contributed by atoms with van der Waals surface area (Å²) < 4.78 is 50.7. The van der Waals surface area contributed by atoms with Crippen LogP contribution in [0.2, 0.25) is 0 Å². The highest BCUT2D eigenvalue weighted by Crippen LogP contribution is 2.27. The summed E-state index contributed by atoms with van der Waals surface area (Å²) in [4.78, 5) is 29.5. The van der Waals surface area contributed by atoms with Crippen molar-refractivity contribution in [3.63, 3.8) is 0 Å². The number of nitrogens with zero attached hydrogens (tertiary/aromatic N) is 6. The molecule has 0 saturated carbocycles. The Morgan fingerprint density at radius 1 is 1.11 bits per heavy atom. The fourth-order valence-corrected chi connectivity index (χ4v) is 4.38. The van der Waals surface area contributed by atoms with E-state index in [0.29, 0.717) is 73.3 Å². The summed E-state index contributed by atoms with van der Waals surface area (Å²) in [5.41, 5.74) is 7.08. The summed E-state index contributed by atoms with van der Waals surface area (Å²) >= 11 is 0. The molecule has 4 heterocycles. The number of hydrogen-bond acceptors (Lipinski definition) is 9. The molecule has 1 aliphatic rings. The van der Waals surface area contributed by atoms with Gasteiger partial charge in [0.2, 0.25) is 5.95 Å². The van der Waals surface area contributed by atoms with E-state index in [1.54, 1.807) is 12.1 Å². The first-order chi connectivity index (χ1) is 17.8. The molecule has 1 fully saturated rings. The van der Waals surface area contributed by atoms with Gasteiger partial charge in [0.05, 0.1) is 11.9 Å². The monoisotopic (exact) mass is 515 g/mol. The van der Waals surface area contributed by atoms with Gasteiger partial charge in [0.25, 0.3) is 5.56 Å². The van der Waals surface area contributed by atoms with Crippen molar-refractivity contribution >= 4 is 22.8 Å². The summed E-state index contributed by atoms with van der Waals surface area (Å²) in [7, 11) is 0. The molecule has 0 amide bonds. The molecule has 3 aromatic heterocycles. The average Bonchev–Trinajstić information content (AvgIpc) is 3.29. The van der Waals surface area contributed by atoms with E-state index in [0.717, 1.165) is 6.07 Å². The molecule has 5 rings (SSSR count). The van der Waals surface area contributed by atoms with E-state index >= 15 is 0 Å². The minimum Gasteiger partial charge on any atom is -0.460 e. The molecular weight excluding hydrogens is 491 g/mol. The lowest BCUT2D eigenvalue weighted by molar-refractivity contribution is -0.0499. The lowest BCUT2D eigenvalue weighted by Crippen LogP contribution is -2.47. The van der Waals surface area contributed by atoms with E-state index < -0.39 is 12.4 Å². The Bertz CT molecular complexity index is 1480. The molecule has 0 bridgehead atoms. The average molecular weight is 515 g/mol. The molecule has 13 heteroatoms. The number of furan rings is 1. The Balaban J connectivity index is 1.29. The van der Waals surface area contributed by atoms with Crippen LogP contribution in [-0.2, 0) is 6.54 Å². The lowest BCUT2D eigenvalue weighted by atomic mass is 10.2. The van der Waals surface area contributed by atoms with Crippen molar-refractivity contribution in [2.75, 3.05) is 43.4 Å². The van der Waals surface area contributed by atoms with Crippen LogP contribution in [0.25, 0.3) is 22.6 Å². The van der Waals surface area contributed by atoms with Gasteiger partial charge in [-0.3, -0.25) is 14.3 Å². The molecule has 0 radical (unpaired) electrons. The molecular formula is C24H24F3N7O3. The van der Waals surface area contributed by atoms with Gasteiger partial charge in [0.1, 0.15) is 28.5 Å². The zero-order valence-electron chi connectivity index (χ0n) is 19.9. The van der Waals surface area contributed by atoms with Gasteiger partial charge in [-0.25, -0.2) is 14.4 Å². The number of alkyl halides is 2. The number of rotatable bonds is 7. The number of aryl methyl sites for hydroxylation is 1. The molecule has 37 heavy (non-hydrogen) atoms. The third kappa shape index (κ3) is 5.21. The number of hydrogen-bond donors (Lipinski definition) is 1. The Labute approximate surface area is 209 Å². The second-order valence-corrected chi connectivity index (χ2v) is 8.58. The van der Waals surface area contributed by atoms with Crippen LogP contribution in [0.1, 0.15) is 5.76 Å². The fraction of sp³-hybridized carbons (Fsp3) is 0.333. The van der Waals surface area contributed by atoms with Crippen LogP contribution in [0.15, 0.2) is 45.7 Å². The number of ether oxygens (including phenoxy) is 1.